The standard InChI is InChI=1S/C18H13BrN2O4S/c19-12-3-1-2-4-13(12)20-9-21-17(22)16(26-18(21)23)8-11-5-6-14-15(7-11)25-10-24-14/h1-8,20H,9-10H2. The van der Waals surface area contributed by atoms with Crippen molar-refractivity contribution in [3.8, 4) is 11.5 Å². The first kappa shape index (κ1) is 17.0. The molecule has 1 saturated heterocycles. The normalized spacial score (nSPS) is 17.3. The third-order valence-electron chi connectivity index (χ3n) is 3.87. The van der Waals surface area contributed by atoms with Crippen LogP contribution in [0.2, 0.25) is 0 Å². The highest BCUT2D eigenvalue weighted by Crippen LogP contribution is 2.36. The van der Waals surface area contributed by atoms with Gasteiger partial charge in [0.25, 0.3) is 11.1 Å². The Morgan fingerprint density at radius 2 is 1.96 bits per heavy atom. The summed E-state index contributed by atoms with van der Waals surface area (Å²) in [7, 11) is 0. The van der Waals surface area contributed by atoms with Gasteiger partial charge in [0.1, 0.15) is 0 Å². The molecule has 2 aliphatic heterocycles. The molecular weight excluding hydrogens is 420 g/mol. The molecule has 0 unspecified atom stereocenters. The molecule has 8 heteroatoms. The van der Waals surface area contributed by atoms with Crippen molar-refractivity contribution in [1.82, 2.24) is 4.90 Å². The van der Waals surface area contributed by atoms with Gasteiger partial charge in [-0.1, -0.05) is 18.2 Å². The zero-order valence-electron chi connectivity index (χ0n) is 13.4. The molecular formula is C18H13BrN2O4S. The van der Waals surface area contributed by atoms with Crippen LogP contribution in [0, 0.1) is 0 Å². The molecule has 0 aliphatic carbocycles. The van der Waals surface area contributed by atoms with Crippen LogP contribution < -0.4 is 14.8 Å². The average molecular weight is 433 g/mol. The molecule has 2 aliphatic rings. The van der Waals surface area contributed by atoms with Gasteiger partial charge in [-0.2, -0.15) is 0 Å². The SMILES string of the molecule is O=C1SC(=Cc2ccc3c(c2)OCO3)C(=O)N1CNc1ccccc1Br. The third kappa shape index (κ3) is 3.30. The van der Waals surface area contributed by atoms with Gasteiger partial charge in [-0.15, -0.1) is 0 Å². The zero-order chi connectivity index (χ0) is 18.1. The van der Waals surface area contributed by atoms with Crippen LogP contribution >= 0.6 is 27.7 Å². The average Bonchev–Trinajstić information content (AvgIpc) is 3.19. The van der Waals surface area contributed by atoms with E-state index in [9.17, 15) is 9.59 Å². The minimum atomic E-state index is -0.322. The fraction of sp³-hybridized carbons (Fsp3) is 0.111. The Morgan fingerprint density at radius 1 is 1.15 bits per heavy atom. The second-order valence-corrected chi connectivity index (χ2v) is 7.38. The van der Waals surface area contributed by atoms with Crippen LogP contribution in [0.1, 0.15) is 5.56 Å². The molecule has 0 radical (unpaired) electrons. The number of nitrogens with one attached hydrogen (secondary N) is 1. The summed E-state index contributed by atoms with van der Waals surface area (Å²) < 4.78 is 11.5. The van der Waals surface area contributed by atoms with Gasteiger partial charge in [0.15, 0.2) is 11.5 Å². The van der Waals surface area contributed by atoms with Crippen LogP contribution in [0.25, 0.3) is 6.08 Å². The van der Waals surface area contributed by atoms with Gasteiger partial charge in [-0.25, -0.2) is 0 Å². The number of fused-ring (bicyclic) bond motifs is 1. The van der Waals surface area contributed by atoms with Crippen LogP contribution in [0.4, 0.5) is 10.5 Å². The van der Waals surface area contributed by atoms with Crippen LogP contribution in [-0.4, -0.2) is 29.5 Å². The number of hydrogen-bond acceptors (Lipinski definition) is 6. The maximum atomic E-state index is 12.6. The number of imide groups is 1. The molecule has 26 heavy (non-hydrogen) atoms. The number of rotatable bonds is 4. The van der Waals surface area contributed by atoms with Gasteiger partial charge >= 0.3 is 0 Å². The summed E-state index contributed by atoms with van der Waals surface area (Å²) in [6, 6.07) is 12.9. The quantitative estimate of drug-likeness (QED) is 0.726. The summed E-state index contributed by atoms with van der Waals surface area (Å²) in [5.74, 6) is 0.985. The van der Waals surface area contributed by atoms with Crippen molar-refractivity contribution < 1.29 is 19.1 Å². The first-order chi connectivity index (χ1) is 12.6. The summed E-state index contributed by atoms with van der Waals surface area (Å²) in [5, 5.41) is 2.79. The molecule has 0 atom stereocenters. The fourth-order valence-corrected chi connectivity index (χ4v) is 3.82. The molecule has 2 heterocycles. The number of thioether (sulfide) groups is 1. The lowest BCUT2D eigenvalue weighted by Crippen LogP contribution is -2.33. The first-order valence-electron chi connectivity index (χ1n) is 7.75. The molecule has 0 aromatic heterocycles. The van der Waals surface area contributed by atoms with Crippen LogP contribution in [0.5, 0.6) is 11.5 Å². The van der Waals surface area contributed by atoms with Crippen LogP contribution in [-0.2, 0) is 4.79 Å². The van der Waals surface area contributed by atoms with Gasteiger partial charge in [-0.3, -0.25) is 14.5 Å². The second kappa shape index (κ2) is 7.05. The maximum absolute atomic E-state index is 12.6. The van der Waals surface area contributed by atoms with E-state index >= 15 is 0 Å². The molecule has 0 bridgehead atoms. The number of anilines is 1. The molecule has 4 rings (SSSR count). The lowest BCUT2D eigenvalue weighted by atomic mass is 10.2. The zero-order valence-corrected chi connectivity index (χ0v) is 15.8. The van der Waals surface area contributed by atoms with Crippen molar-refractivity contribution >= 4 is 50.6 Å². The number of para-hydroxylation sites is 1. The number of carbonyl (C=O) groups is 2. The Hall–Kier alpha value is -2.45. The van der Waals surface area contributed by atoms with Gasteiger partial charge in [0.2, 0.25) is 6.79 Å². The van der Waals surface area contributed by atoms with Crippen molar-refractivity contribution in [2.24, 2.45) is 0 Å². The molecule has 0 spiro atoms. The molecule has 2 amide bonds. The number of benzene rings is 2. The number of ether oxygens (including phenoxy) is 2. The van der Waals surface area contributed by atoms with Crippen molar-refractivity contribution in [3.63, 3.8) is 0 Å². The molecule has 0 saturated carbocycles. The molecule has 2 aromatic rings. The number of nitrogens with zero attached hydrogens (tertiary/aromatic N) is 1. The topological polar surface area (TPSA) is 67.9 Å². The number of hydrogen-bond donors (Lipinski definition) is 1. The summed E-state index contributed by atoms with van der Waals surface area (Å²) in [5.41, 5.74) is 1.59. The summed E-state index contributed by atoms with van der Waals surface area (Å²) in [6.45, 7) is 0.293. The summed E-state index contributed by atoms with van der Waals surface area (Å²) in [4.78, 5) is 26.3. The van der Waals surface area contributed by atoms with E-state index < -0.39 is 0 Å². The first-order valence-corrected chi connectivity index (χ1v) is 9.36. The predicted molar refractivity (Wildman–Crippen MR) is 103 cm³/mol. The molecule has 132 valence electrons. The Balaban J connectivity index is 1.49. The lowest BCUT2D eigenvalue weighted by molar-refractivity contribution is -0.122. The largest absolute Gasteiger partial charge is 0.454 e. The molecule has 2 aromatic carbocycles. The van der Waals surface area contributed by atoms with Gasteiger partial charge in [0.05, 0.1) is 11.6 Å². The van der Waals surface area contributed by atoms with Crippen molar-refractivity contribution in [2.75, 3.05) is 18.8 Å². The van der Waals surface area contributed by atoms with E-state index in [1.165, 1.54) is 4.90 Å². The van der Waals surface area contributed by atoms with Gasteiger partial charge in [-0.05, 0) is 63.6 Å². The van der Waals surface area contributed by atoms with E-state index in [1.54, 1.807) is 18.2 Å². The van der Waals surface area contributed by atoms with E-state index in [-0.39, 0.29) is 24.6 Å². The predicted octanol–water partition coefficient (Wildman–Crippen LogP) is 4.28. The maximum Gasteiger partial charge on any atom is 0.295 e. The second-order valence-electron chi connectivity index (χ2n) is 5.54. The Kier molecular flexibility index (Phi) is 4.60. The van der Waals surface area contributed by atoms with Crippen LogP contribution in [0.15, 0.2) is 51.8 Å². The van der Waals surface area contributed by atoms with E-state index in [0.717, 1.165) is 27.5 Å². The van der Waals surface area contributed by atoms with E-state index in [4.69, 9.17) is 9.47 Å². The minimum Gasteiger partial charge on any atom is -0.454 e. The smallest absolute Gasteiger partial charge is 0.295 e. The summed E-state index contributed by atoms with van der Waals surface area (Å²) in [6.07, 6.45) is 1.69. The molecule has 1 N–H and O–H groups in total. The highest BCUT2D eigenvalue weighted by Gasteiger charge is 2.35. The Morgan fingerprint density at radius 3 is 2.81 bits per heavy atom. The number of amides is 2. The van der Waals surface area contributed by atoms with Gasteiger partial charge in [0, 0.05) is 10.2 Å². The van der Waals surface area contributed by atoms with Crippen molar-refractivity contribution in [2.45, 2.75) is 0 Å². The summed E-state index contributed by atoms with van der Waals surface area (Å²) >= 11 is 4.35. The van der Waals surface area contributed by atoms with E-state index in [1.807, 2.05) is 30.3 Å². The highest BCUT2D eigenvalue weighted by molar-refractivity contribution is 9.10. The lowest BCUT2D eigenvalue weighted by Gasteiger charge is -2.15. The monoisotopic (exact) mass is 432 g/mol. The molecule has 1 fully saturated rings. The highest BCUT2D eigenvalue weighted by atomic mass is 79.9. The third-order valence-corrected chi connectivity index (χ3v) is 5.47. The van der Waals surface area contributed by atoms with Gasteiger partial charge < -0.3 is 14.8 Å². The fourth-order valence-electron chi connectivity index (χ4n) is 2.56. The van der Waals surface area contributed by atoms with E-state index in [2.05, 4.69) is 21.2 Å². The number of halogens is 1. The minimum absolute atomic E-state index is 0.103. The molecule has 6 nitrogen and oxygen atoms in total. The van der Waals surface area contributed by atoms with Crippen molar-refractivity contribution in [3.05, 3.63) is 57.4 Å². The van der Waals surface area contributed by atoms with Crippen molar-refractivity contribution in [1.29, 1.82) is 0 Å². The Labute approximate surface area is 162 Å². The van der Waals surface area contributed by atoms with Crippen LogP contribution in [0.3, 0.4) is 0 Å². The Bertz CT molecular complexity index is 931. The van der Waals surface area contributed by atoms with E-state index in [0.29, 0.717) is 16.4 Å². The number of carbonyl (C=O) groups excluding carboxylic acids is 2.